The zero-order valence-electron chi connectivity index (χ0n) is 18.0. The van der Waals surface area contributed by atoms with Crippen LogP contribution in [0.1, 0.15) is 61.3 Å². The van der Waals surface area contributed by atoms with Gasteiger partial charge in [-0.05, 0) is 51.0 Å². The SMILES string of the molecule is CCC(CC)N1C(=O)c2cccc(N=Nc3c(O)n(CC)c(=S)n(CC)c3=O)c2C1=O. The number of hydrogen-bond acceptors (Lipinski definition) is 7. The second kappa shape index (κ2) is 8.93. The summed E-state index contributed by atoms with van der Waals surface area (Å²) in [6.45, 7) is 8.03. The molecule has 1 aliphatic rings. The van der Waals surface area contributed by atoms with Crippen LogP contribution in [0, 0.1) is 4.77 Å². The monoisotopic (exact) mass is 443 g/mol. The Labute approximate surface area is 184 Å². The van der Waals surface area contributed by atoms with Crippen LogP contribution in [0.25, 0.3) is 0 Å². The van der Waals surface area contributed by atoms with Crippen molar-refractivity contribution in [3.8, 4) is 5.88 Å². The van der Waals surface area contributed by atoms with Gasteiger partial charge in [-0.3, -0.25) is 28.4 Å². The van der Waals surface area contributed by atoms with Crippen LogP contribution >= 0.6 is 12.2 Å². The van der Waals surface area contributed by atoms with Gasteiger partial charge in [0.2, 0.25) is 11.6 Å². The van der Waals surface area contributed by atoms with Crippen LogP contribution in [0.3, 0.4) is 0 Å². The fourth-order valence-corrected chi connectivity index (χ4v) is 4.21. The van der Waals surface area contributed by atoms with Gasteiger partial charge in [-0.1, -0.05) is 19.9 Å². The van der Waals surface area contributed by atoms with Gasteiger partial charge in [0, 0.05) is 19.1 Å². The minimum absolute atomic E-state index is 0.154. The summed E-state index contributed by atoms with van der Waals surface area (Å²) in [5.74, 6) is -1.18. The van der Waals surface area contributed by atoms with Gasteiger partial charge < -0.3 is 5.11 Å². The van der Waals surface area contributed by atoms with E-state index in [-0.39, 0.29) is 45.1 Å². The van der Waals surface area contributed by atoms with Crippen molar-refractivity contribution in [2.45, 2.75) is 59.7 Å². The van der Waals surface area contributed by atoms with Crippen LogP contribution in [0.15, 0.2) is 33.2 Å². The number of hydrogen-bond donors (Lipinski definition) is 1. The van der Waals surface area contributed by atoms with Gasteiger partial charge in [0.25, 0.3) is 17.4 Å². The predicted molar refractivity (Wildman–Crippen MR) is 118 cm³/mol. The molecule has 0 radical (unpaired) electrons. The molecule has 3 rings (SSSR count). The van der Waals surface area contributed by atoms with E-state index < -0.39 is 11.5 Å². The average Bonchev–Trinajstić information content (AvgIpc) is 3.01. The third-order valence-electron chi connectivity index (χ3n) is 5.50. The summed E-state index contributed by atoms with van der Waals surface area (Å²) in [4.78, 5) is 39.9. The van der Waals surface area contributed by atoms with E-state index >= 15 is 0 Å². The molecule has 10 heteroatoms. The molecule has 0 saturated heterocycles. The fraction of sp³-hybridized carbons (Fsp3) is 0.429. The maximum absolute atomic E-state index is 13.0. The Bertz CT molecular complexity index is 1190. The first-order chi connectivity index (χ1) is 14.8. The summed E-state index contributed by atoms with van der Waals surface area (Å²) in [6, 6.07) is 4.53. The lowest BCUT2D eigenvalue weighted by Gasteiger charge is -2.23. The highest BCUT2D eigenvalue weighted by Gasteiger charge is 2.40. The number of aromatic hydroxyl groups is 1. The normalized spacial score (nSPS) is 13.6. The summed E-state index contributed by atoms with van der Waals surface area (Å²) < 4.78 is 2.88. The van der Waals surface area contributed by atoms with Crippen molar-refractivity contribution in [1.29, 1.82) is 0 Å². The van der Waals surface area contributed by atoms with E-state index in [2.05, 4.69) is 10.2 Å². The number of carbonyl (C=O) groups excluding carboxylic acids is 2. The lowest BCUT2D eigenvalue weighted by atomic mass is 10.1. The molecule has 0 spiro atoms. The van der Waals surface area contributed by atoms with Crippen molar-refractivity contribution in [1.82, 2.24) is 14.0 Å². The second-order valence-corrected chi connectivity index (χ2v) is 7.46. The number of nitrogens with zero attached hydrogens (tertiary/aromatic N) is 5. The molecule has 0 atom stereocenters. The molecule has 2 heterocycles. The van der Waals surface area contributed by atoms with E-state index in [0.717, 1.165) is 0 Å². The molecule has 0 saturated carbocycles. The molecule has 2 amide bonds. The Hall–Kier alpha value is -3.14. The zero-order chi connectivity index (χ0) is 22.9. The lowest BCUT2D eigenvalue weighted by molar-refractivity contribution is 0.0576. The fourth-order valence-electron chi connectivity index (χ4n) is 3.78. The second-order valence-electron chi connectivity index (χ2n) is 7.10. The molecule has 2 aromatic rings. The van der Waals surface area contributed by atoms with Crippen molar-refractivity contribution in [2.75, 3.05) is 0 Å². The Morgan fingerprint density at radius 3 is 2.19 bits per heavy atom. The highest BCUT2D eigenvalue weighted by atomic mass is 32.1. The third kappa shape index (κ3) is 3.60. The predicted octanol–water partition coefficient (Wildman–Crippen LogP) is 4.32. The highest BCUT2D eigenvalue weighted by Crippen LogP contribution is 2.34. The molecule has 1 N–H and O–H groups in total. The first-order valence-corrected chi connectivity index (χ1v) is 10.7. The van der Waals surface area contributed by atoms with E-state index in [1.54, 1.807) is 32.0 Å². The molecule has 1 aromatic heterocycles. The van der Waals surface area contributed by atoms with Gasteiger partial charge in [-0.15, -0.1) is 10.2 Å². The van der Waals surface area contributed by atoms with Crippen LogP contribution in [0.2, 0.25) is 0 Å². The lowest BCUT2D eigenvalue weighted by Crippen LogP contribution is -2.39. The number of amides is 2. The van der Waals surface area contributed by atoms with Crippen molar-refractivity contribution in [3.05, 3.63) is 44.5 Å². The van der Waals surface area contributed by atoms with Gasteiger partial charge in [0.15, 0.2) is 4.77 Å². The molecule has 0 unspecified atom stereocenters. The van der Waals surface area contributed by atoms with Crippen molar-refractivity contribution in [3.63, 3.8) is 0 Å². The molecular formula is C21H25N5O4S. The first kappa shape index (κ1) is 22.5. The maximum Gasteiger partial charge on any atom is 0.286 e. The Balaban J connectivity index is 2.13. The molecule has 0 fully saturated rings. The first-order valence-electron chi connectivity index (χ1n) is 10.3. The van der Waals surface area contributed by atoms with Gasteiger partial charge in [-0.25, -0.2) is 0 Å². The van der Waals surface area contributed by atoms with E-state index in [9.17, 15) is 19.5 Å². The Kier molecular flexibility index (Phi) is 6.49. The summed E-state index contributed by atoms with van der Waals surface area (Å²) in [5, 5.41) is 18.6. The molecular weight excluding hydrogens is 418 g/mol. The van der Waals surface area contributed by atoms with Crippen LogP contribution in [0.5, 0.6) is 5.88 Å². The minimum Gasteiger partial charge on any atom is -0.493 e. The third-order valence-corrected chi connectivity index (χ3v) is 5.94. The Morgan fingerprint density at radius 1 is 0.968 bits per heavy atom. The number of fused-ring (bicyclic) bond motifs is 1. The van der Waals surface area contributed by atoms with Crippen LogP contribution in [-0.2, 0) is 13.1 Å². The van der Waals surface area contributed by atoms with Gasteiger partial charge in [0.1, 0.15) is 0 Å². The molecule has 9 nitrogen and oxygen atoms in total. The summed E-state index contributed by atoms with van der Waals surface area (Å²) in [6.07, 6.45) is 1.29. The van der Waals surface area contributed by atoms with Crippen molar-refractivity contribution < 1.29 is 14.7 Å². The summed E-state index contributed by atoms with van der Waals surface area (Å²) in [7, 11) is 0. The standard InChI is InChI=1S/C21H25N5O4S/c1-5-12(6-2)26-17(27)13-10-9-11-14(15(13)18(26)28)22-23-16-19(29)24(7-3)21(31)25(8-4)20(16)30/h9-12,29H,5-8H2,1-4H3. The number of rotatable bonds is 7. The molecule has 31 heavy (non-hydrogen) atoms. The van der Waals surface area contributed by atoms with E-state index in [4.69, 9.17) is 12.2 Å². The van der Waals surface area contributed by atoms with Crippen LogP contribution < -0.4 is 5.56 Å². The smallest absolute Gasteiger partial charge is 0.286 e. The highest BCUT2D eigenvalue weighted by molar-refractivity contribution is 7.71. The summed E-state index contributed by atoms with van der Waals surface area (Å²) in [5.41, 5.74) is -0.276. The number of azo groups is 1. The molecule has 0 aliphatic carbocycles. The van der Waals surface area contributed by atoms with Crippen LogP contribution in [0.4, 0.5) is 11.4 Å². The Morgan fingerprint density at radius 2 is 1.61 bits per heavy atom. The maximum atomic E-state index is 13.0. The largest absolute Gasteiger partial charge is 0.493 e. The zero-order valence-corrected chi connectivity index (χ0v) is 18.8. The van der Waals surface area contributed by atoms with E-state index in [1.165, 1.54) is 14.0 Å². The van der Waals surface area contributed by atoms with E-state index in [1.807, 2.05) is 13.8 Å². The number of imide groups is 1. The number of aromatic nitrogens is 2. The van der Waals surface area contributed by atoms with Gasteiger partial charge in [-0.2, -0.15) is 0 Å². The van der Waals surface area contributed by atoms with E-state index in [0.29, 0.717) is 25.9 Å². The molecule has 0 bridgehead atoms. The van der Waals surface area contributed by atoms with Gasteiger partial charge in [0.05, 0.1) is 16.8 Å². The molecule has 1 aromatic carbocycles. The molecule has 164 valence electrons. The van der Waals surface area contributed by atoms with Crippen LogP contribution in [-0.4, -0.2) is 37.0 Å². The topological polar surface area (TPSA) is 109 Å². The summed E-state index contributed by atoms with van der Waals surface area (Å²) >= 11 is 5.26. The van der Waals surface area contributed by atoms with Crippen molar-refractivity contribution in [2.24, 2.45) is 10.2 Å². The molecule has 1 aliphatic heterocycles. The quantitative estimate of drug-likeness (QED) is 0.389. The minimum atomic E-state index is -0.577. The number of benzene rings is 1. The average molecular weight is 444 g/mol. The van der Waals surface area contributed by atoms with Gasteiger partial charge >= 0.3 is 0 Å². The van der Waals surface area contributed by atoms with Crippen molar-refractivity contribution >= 4 is 35.4 Å². The number of carbonyl (C=O) groups is 2.